The van der Waals surface area contributed by atoms with Crippen LogP contribution in [0.15, 0.2) is 48.5 Å². The Morgan fingerprint density at radius 2 is 1.12 bits per heavy atom. The van der Waals surface area contributed by atoms with Crippen molar-refractivity contribution in [2.24, 2.45) is 0 Å². The van der Waals surface area contributed by atoms with Crippen LogP contribution in [0.4, 0.5) is 0 Å². The molecule has 0 bridgehead atoms. The number of hydrogen-bond acceptors (Lipinski definition) is 1. The molecule has 2 heteroatoms. The van der Waals surface area contributed by atoms with Crippen LogP contribution >= 0.6 is 0 Å². The van der Waals surface area contributed by atoms with Gasteiger partial charge in [0.15, 0.2) is 0 Å². The van der Waals surface area contributed by atoms with Gasteiger partial charge < -0.3 is 4.43 Å². The molecule has 0 saturated heterocycles. The average molecular weight is 239 g/mol. The maximum absolute atomic E-state index is 5.41. The van der Waals surface area contributed by atoms with Crippen molar-refractivity contribution in [2.45, 2.75) is 20.0 Å². The lowest BCUT2D eigenvalue weighted by molar-refractivity contribution is 0.273. The van der Waals surface area contributed by atoms with Crippen molar-refractivity contribution in [3.05, 3.63) is 70.8 Å². The van der Waals surface area contributed by atoms with E-state index in [1.807, 2.05) is 0 Å². The summed E-state index contributed by atoms with van der Waals surface area (Å²) in [4.78, 5) is 0. The smallest absolute Gasteiger partial charge is 0.247 e. The van der Waals surface area contributed by atoms with Crippen LogP contribution in [0.1, 0.15) is 28.4 Å². The first kappa shape index (κ1) is 12.1. The minimum atomic E-state index is -0.0622. The Morgan fingerprint density at radius 1 is 0.765 bits per heavy atom. The van der Waals surface area contributed by atoms with Crippen LogP contribution in [-0.4, -0.2) is 10.5 Å². The van der Waals surface area contributed by atoms with Crippen molar-refractivity contribution in [1.82, 2.24) is 0 Å². The maximum Gasteiger partial charge on any atom is 0.247 e. The van der Waals surface area contributed by atoms with Gasteiger partial charge in [-0.2, -0.15) is 0 Å². The van der Waals surface area contributed by atoms with E-state index in [1.54, 1.807) is 0 Å². The highest BCUT2D eigenvalue weighted by molar-refractivity contribution is 5.98. The first-order chi connectivity index (χ1) is 8.20. The van der Waals surface area contributed by atoms with E-state index in [-0.39, 0.29) is 6.10 Å². The van der Waals surface area contributed by atoms with Crippen molar-refractivity contribution < 1.29 is 4.43 Å². The highest BCUT2D eigenvalue weighted by Crippen LogP contribution is 2.25. The third-order valence-electron chi connectivity index (χ3n) is 2.88. The monoisotopic (exact) mass is 239 g/mol. The van der Waals surface area contributed by atoms with Crippen molar-refractivity contribution in [1.29, 1.82) is 0 Å². The highest BCUT2D eigenvalue weighted by atomic mass is 28.2. The molecule has 0 aromatic heterocycles. The molecule has 0 N–H and O–H groups in total. The van der Waals surface area contributed by atoms with Crippen molar-refractivity contribution >= 4 is 10.5 Å². The number of aryl methyl sites for hydroxylation is 2. The second-order valence-electron chi connectivity index (χ2n) is 4.32. The molecule has 0 heterocycles. The average Bonchev–Trinajstić information content (AvgIpc) is 2.35. The summed E-state index contributed by atoms with van der Waals surface area (Å²) in [6.07, 6.45) is -0.0622. The van der Waals surface area contributed by atoms with Gasteiger partial charge in [0.1, 0.15) is 0 Å². The Bertz CT molecular complexity index is 428. The van der Waals surface area contributed by atoms with E-state index in [4.69, 9.17) is 4.43 Å². The molecule has 0 aliphatic carbocycles. The topological polar surface area (TPSA) is 9.23 Å². The Kier molecular flexibility index (Phi) is 3.77. The molecule has 0 unspecified atom stereocenters. The van der Waals surface area contributed by atoms with Gasteiger partial charge in [0.2, 0.25) is 10.5 Å². The molecule has 2 aromatic rings. The van der Waals surface area contributed by atoms with E-state index in [1.165, 1.54) is 11.1 Å². The van der Waals surface area contributed by atoms with Gasteiger partial charge in [0.25, 0.3) is 0 Å². The van der Waals surface area contributed by atoms with Crippen molar-refractivity contribution in [2.75, 3.05) is 0 Å². The minimum Gasteiger partial charge on any atom is -0.408 e. The molecular formula is C15H15OSi. The molecule has 3 radical (unpaired) electrons. The summed E-state index contributed by atoms with van der Waals surface area (Å²) >= 11 is 0. The van der Waals surface area contributed by atoms with E-state index in [2.05, 4.69) is 72.9 Å². The lowest BCUT2D eigenvalue weighted by Crippen LogP contribution is -2.04. The fraction of sp³-hybridized carbons (Fsp3) is 0.200. The van der Waals surface area contributed by atoms with Gasteiger partial charge in [-0.1, -0.05) is 59.7 Å². The maximum atomic E-state index is 5.41. The lowest BCUT2D eigenvalue weighted by Gasteiger charge is -2.17. The predicted octanol–water partition coefficient (Wildman–Crippen LogP) is 3.49. The van der Waals surface area contributed by atoms with Crippen molar-refractivity contribution in [3.63, 3.8) is 0 Å². The molecule has 17 heavy (non-hydrogen) atoms. The quantitative estimate of drug-likeness (QED) is 0.745. The lowest BCUT2D eigenvalue weighted by atomic mass is 10.00. The van der Waals surface area contributed by atoms with E-state index >= 15 is 0 Å². The molecular weight excluding hydrogens is 224 g/mol. The molecule has 2 aromatic carbocycles. The molecule has 0 atom stereocenters. The summed E-state index contributed by atoms with van der Waals surface area (Å²) < 4.78 is 5.41. The van der Waals surface area contributed by atoms with E-state index in [9.17, 15) is 0 Å². The van der Waals surface area contributed by atoms with Gasteiger partial charge in [0.05, 0.1) is 6.10 Å². The number of benzene rings is 2. The fourth-order valence-corrected chi connectivity index (χ4v) is 2.08. The Hall–Kier alpha value is -1.38. The zero-order valence-corrected chi connectivity index (χ0v) is 11.1. The third kappa shape index (κ3) is 2.84. The van der Waals surface area contributed by atoms with Crippen molar-refractivity contribution in [3.8, 4) is 0 Å². The molecule has 0 aliphatic heterocycles. The van der Waals surface area contributed by atoms with Gasteiger partial charge in [0, 0.05) is 0 Å². The van der Waals surface area contributed by atoms with Crippen LogP contribution < -0.4 is 0 Å². The molecule has 1 nitrogen and oxygen atoms in total. The normalized spacial score (nSPS) is 10.8. The summed E-state index contributed by atoms with van der Waals surface area (Å²) in [7, 11) is 3.18. The second kappa shape index (κ2) is 5.30. The second-order valence-corrected chi connectivity index (χ2v) is 4.55. The van der Waals surface area contributed by atoms with Gasteiger partial charge >= 0.3 is 0 Å². The molecule has 2 rings (SSSR count). The first-order valence-electron chi connectivity index (χ1n) is 5.66. The standard InChI is InChI=1S/C15H15OSi/c1-11-3-7-13(8-4-11)15(16-17)14-9-5-12(2)6-10-14/h3-10,15H,1-2H3. The fourth-order valence-electron chi connectivity index (χ4n) is 1.81. The summed E-state index contributed by atoms with van der Waals surface area (Å²) in [6.45, 7) is 4.17. The number of hydrogen-bond donors (Lipinski definition) is 0. The Balaban J connectivity index is 2.33. The zero-order valence-electron chi connectivity index (χ0n) is 10.1. The predicted molar refractivity (Wildman–Crippen MR) is 71.0 cm³/mol. The molecule has 0 fully saturated rings. The molecule has 0 aliphatic rings. The molecule has 0 amide bonds. The summed E-state index contributed by atoms with van der Waals surface area (Å²) in [5.74, 6) is 0. The van der Waals surface area contributed by atoms with Crippen LogP contribution in [0.2, 0.25) is 0 Å². The van der Waals surface area contributed by atoms with Crippen LogP contribution in [0.5, 0.6) is 0 Å². The van der Waals surface area contributed by atoms with Gasteiger partial charge in [-0.15, -0.1) is 0 Å². The van der Waals surface area contributed by atoms with E-state index in [0.29, 0.717) is 0 Å². The van der Waals surface area contributed by atoms with Crippen LogP contribution in [0, 0.1) is 13.8 Å². The van der Waals surface area contributed by atoms with E-state index < -0.39 is 0 Å². The largest absolute Gasteiger partial charge is 0.408 e. The van der Waals surface area contributed by atoms with Crippen LogP contribution in [0.3, 0.4) is 0 Å². The molecule has 85 valence electrons. The SMILES string of the molecule is Cc1ccc(C(O[Si])c2ccc(C)cc2)cc1. The Labute approximate surface area is 106 Å². The van der Waals surface area contributed by atoms with Gasteiger partial charge in [-0.3, -0.25) is 0 Å². The van der Waals surface area contributed by atoms with Gasteiger partial charge in [-0.25, -0.2) is 0 Å². The van der Waals surface area contributed by atoms with E-state index in [0.717, 1.165) is 11.1 Å². The van der Waals surface area contributed by atoms with Gasteiger partial charge in [-0.05, 0) is 25.0 Å². The van der Waals surface area contributed by atoms with Crippen LogP contribution in [-0.2, 0) is 4.43 Å². The molecule has 0 spiro atoms. The third-order valence-corrected chi connectivity index (χ3v) is 3.11. The molecule has 0 saturated carbocycles. The zero-order chi connectivity index (χ0) is 12.3. The Morgan fingerprint density at radius 3 is 1.41 bits per heavy atom. The van der Waals surface area contributed by atoms with Crippen LogP contribution in [0.25, 0.3) is 0 Å². The summed E-state index contributed by atoms with van der Waals surface area (Å²) in [6, 6.07) is 16.8. The number of rotatable bonds is 3. The summed E-state index contributed by atoms with van der Waals surface area (Å²) in [5, 5.41) is 0. The summed E-state index contributed by atoms with van der Waals surface area (Å²) in [5.41, 5.74) is 4.81. The first-order valence-corrected chi connectivity index (χ1v) is 6.07. The minimum absolute atomic E-state index is 0.0622. The highest BCUT2D eigenvalue weighted by Gasteiger charge is 2.12.